The summed E-state index contributed by atoms with van der Waals surface area (Å²) in [6, 6.07) is 0. The maximum atomic E-state index is 11.5. The van der Waals surface area contributed by atoms with Crippen molar-refractivity contribution in [2.45, 2.75) is 40.3 Å². The Morgan fingerprint density at radius 3 is 2.61 bits per heavy atom. The molecule has 23 heavy (non-hydrogen) atoms. The van der Waals surface area contributed by atoms with E-state index in [2.05, 4.69) is 33.8 Å². The monoisotopic (exact) mass is 342 g/mol. The van der Waals surface area contributed by atoms with E-state index in [0.717, 1.165) is 37.6 Å². The van der Waals surface area contributed by atoms with Crippen LogP contribution < -0.4 is 10.2 Å². The van der Waals surface area contributed by atoms with Crippen LogP contribution >= 0.6 is 0 Å². The maximum absolute atomic E-state index is 11.5. The molecule has 2 heterocycles. The van der Waals surface area contributed by atoms with E-state index in [1.165, 1.54) is 5.56 Å². The van der Waals surface area contributed by atoms with Crippen LogP contribution in [0.4, 0.5) is 5.82 Å². The Hall–Kier alpha value is -1.08. The van der Waals surface area contributed by atoms with Crippen molar-refractivity contribution in [2.75, 3.05) is 37.0 Å². The van der Waals surface area contributed by atoms with Gasteiger partial charge in [-0.05, 0) is 31.7 Å². The zero-order valence-corrected chi connectivity index (χ0v) is 15.8. The van der Waals surface area contributed by atoms with Crippen molar-refractivity contribution in [2.24, 2.45) is 11.8 Å². The summed E-state index contributed by atoms with van der Waals surface area (Å²) >= 11 is 0. The third-order valence-electron chi connectivity index (χ3n) is 4.25. The smallest absolute Gasteiger partial charge is 0.150 e. The number of sulfone groups is 1. The van der Waals surface area contributed by atoms with E-state index < -0.39 is 9.84 Å². The number of aromatic nitrogens is 2. The Balaban J connectivity index is 2.03. The number of hydrogen-bond acceptors (Lipinski definition) is 5. The van der Waals surface area contributed by atoms with Gasteiger partial charge in [0.15, 0.2) is 9.84 Å². The third-order valence-corrected chi connectivity index (χ3v) is 6.08. The molecule has 0 radical (unpaired) electrons. The molecular formula is C16H30N4O2S. The second-order valence-corrected chi connectivity index (χ2v) is 9.49. The van der Waals surface area contributed by atoms with E-state index in [-0.39, 0.29) is 5.92 Å². The predicted octanol–water partition coefficient (Wildman–Crippen LogP) is 1.44. The lowest BCUT2D eigenvalue weighted by Gasteiger charge is -2.19. The summed E-state index contributed by atoms with van der Waals surface area (Å²) in [5.74, 6) is 2.59. The van der Waals surface area contributed by atoms with Crippen molar-refractivity contribution in [3.05, 3.63) is 11.3 Å². The quantitative estimate of drug-likeness (QED) is 0.812. The largest absolute Gasteiger partial charge is 0.363 e. The molecule has 1 aliphatic rings. The predicted molar refractivity (Wildman–Crippen MR) is 94.6 cm³/mol. The second-order valence-electron chi connectivity index (χ2n) is 7.26. The summed E-state index contributed by atoms with van der Waals surface area (Å²) in [5.41, 5.74) is 2.25. The van der Waals surface area contributed by atoms with Crippen molar-refractivity contribution < 1.29 is 8.42 Å². The molecule has 0 aliphatic carbocycles. The molecule has 1 saturated heterocycles. The standard InChI is InChI=1S/C16H30N4O2S/c1-12(2)10-20-16(19(4)5)15(13(3)18-20)9-17-8-14-6-7-23(21,22)11-14/h12,14,17H,6-11H2,1-5H3. The normalized spacial score (nSPS) is 20.3. The Morgan fingerprint density at radius 1 is 1.39 bits per heavy atom. The number of nitrogens with zero attached hydrogens (tertiary/aromatic N) is 3. The maximum Gasteiger partial charge on any atom is 0.150 e. The Morgan fingerprint density at radius 2 is 2.09 bits per heavy atom. The second kappa shape index (κ2) is 7.21. The summed E-state index contributed by atoms with van der Waals surface area (Å²) in [6.45, 7) is 8.80. The molecule has 0 bridgehead atoms. The molecule has 1 aliphatic heterocycles. The van der Waals surface area contributed by atoms with Gasteiger partial charge in [0.1, 0.15) is 5.82 Å². The molecule has 0 amide bonds. The minimum Gasteiger partial charge on any atom is -0.363 e. The van der Waals surface area contributed by atoms with Gasteiger partial charge < -0.3 is 10.2 Å². The molecule has 1 N–H and O–H groups in total. The van der Waals surface area contributed by atoms with Crippen LogP contribution in [0.5, 0.6) is 0 Å². The Kier molecular flexibility index (Phi) is 5.73. The highest BCUT2D eigenvalue weighted by Gasteiger charge is 2.27. The van der Waals surface area contributed by atoms with Crippen molar-refractivity contribution in [3.8, 4) is 0 Å². The highest BCUT2D eigenvalue weighted by Crippen LogP contribution is 2.24. The van der Waals surface area contributed by atoms with Gasteiger partial charge in [-0.25, -0.2) is 13.1 Å². The number of aryl methyl sites for hydroxylation is 1. The number of hydrogen-bond donors (Lipinski definition) is 1. The van der Waals surface area contributed by atoms with E-state index in [0.29, 0.717) is 17.4 Å². The van der Waals surface area contributed by atoms with E-state index in [9.17, 15) is 8.42 Å². The molecular weight excluding hydrogens is 312 g/mol. The van der Waals surface area contributed by atoms with E-state index >= 15 is 0 Å². The van der Waals surface area contributed by atoms with Crippen LogP contribution in [-0.2, 0) is 22.9 Å². The zero-order chi connectivity index (χ0) is 17.2. The van der Waals surface area contributed by atoms with Gasteiger partial charge >= 0.3 is 0 Å². The summed E-state index contributed by atoms with van der Waals surface area (Å²) < 4.78 is 25.1. The number of rotatable bonds is 7. The van der Waals surface area contributed by atoms with Crippen molar-refractivity contribution in [3.63, 3.8) is 0 Å². The van der Waals surface area contributed by atoms with Crippen molar-refractivity contribution in [1.82, 2.24) is 15.1 Å². The van der Waals surface area contributed by atoms with Crippen LogP contribution in [0.3, 0.4) is 0 Å². The Bertz CT molecular complexity index is 635. The first-order valence-corrected chi connectivity index (χ1v) is 10.2. The first kappa shape index (κ1) is 18.3. The summed E-state index contributed by atoms with van der Waals surface area (Å²) in [4.78, 5) is 2.11. The Labute approximate surface area is 140 Å². The van der Waals surface area contributed by atoms with E-state index in [1.807, 2.05) is 21.0 Å². The third kappa shape index (κ3) is 4.70. The molecule has 1 fully saturated rings. The molecule has 0 aromatic carbocycles. The molecule has 2 rings (SSSR count). The van der Waals surface area contributed by atoms with Crippen LogP contribution in [-0.4, -0.2) is 50.3 Å². The van der Waals surface area contributed by atoms with Crippen LogP contribution in [0.2, 0.25) is 0 Å². The lowest BCUT2D eigenvalue weighted by molar-refractivity contribution is 0.481. The number of nitrogens with one attached hydrogen (secondary N) is 1. The van der Waals surface area contributed by atoms with Gasteiger partial charge in [0.05, 0.1) is 17.2 Å². The van der Waals surface area contributed by atoms with Gasteiger partial charge in [-0.3, -0.25) is 0 Å². The average molecular weight is 343 g/mol. The summed E-state index contributed by atoms with van der Waals surface area (Å²) in [7, 11) is 1.29. The number of anilines is 1. The van der Waals surface area contributed by atoms with Crippen LogP contribution in [0.15, 0.2) is 0 Å². The summed E-state index contributed by atoms with van der Waals surface area (Å²) in [5, 5.41) is 8.12. The van der Waals surface area contributed by atoms with Gasteiger partial charge in [-0.1, -0.05) is 13.8 Å². The fourth-order valence-electron chi connectivity index (χ4n) is 3.22. The molecule has 1 aromatic heterocycles. The molecule has 0 spiro atoms. The molecule has 1 atom stereocenters. The van der Waals surface area contributed by atoms with Gasteiger partial charge in [0.25, 0.3) is 0 Å². The first-order valence-electron chi connectivity index (χ1n) is 8.34. The molecule has 1 aromatic rings. The van der Waals surface area contributed by atoms with Crippen molar-refractivity contribution >= 4 is 15.7 Å². The topological polar surface area (TPSA) is 67.2 Å². The van der Waals surface area contributed by atoms with Gasteiger partial charge in [-0.15, -0.1) is 0 Å². The summed E-state index contributed by atoms with van der Waals surface area (Å²) in [6.07, 6.45) is 0.779. The van der Waals surface area contributed by atoms with Crippen LogP contribution in [0.1, 0.15) is 31.5 Å². The fourth-order valence-corrected chi connectivity index (χ4v) is 5.08. The average Bonchev–Trinajstić information content (AvgIpc) is 2.89. The lowest BCUT2D eigenvalue weighted by atomic mass is 10.1. The van der Waals surface area contributed by atoms with Crippen LogP contribution in [0, 0.1) is 18.8 Å². The fraction of sp³-hybridized carbons (Fsp3) is 0.812. The molecule has 132 valence electrons. The zero-order valence-electron chi connectivity index (χ0n) is 15.0. The van der Waals surface area contributed by atoms with Gasteiger partial charge in [-0.2, -0.15) is 5.10 Å². The van der Waals surface area contributed by atoms with Gasteiger partial charge in [0, 0.05) is 32.7 Å². The van der Waals surface area contributed by atoms with E-state index in [1.54, 1.807) is 0 Å². The highest BCUT2D eigenvalue weighted by molar-refractivity contribution is 7.91. The lowest BCUT2D eigenvalue weighted by Crippen LogP contribution is -2.25. The minimum absolute atomic E-state index is 0.244. The van der Waals surface area contributed by atoms with Gasteiger partial charge in [0.2, 0.25) is 0 Å². The highest BCUT2D eigenvalue weighted by atomic mass is 32.2. The molecule has 0 saturated carbocycles. The minimum atomic E-state index is -2.79. The molecule has 6 nitrogen and oxygen atoms in total. The van der Waals surface area contributed by atoms with Crippen LogP contribution in [0.25, 0.3) is 0 Å². The SMILES string of the molecule is Cc1nn(CC(C)C)c(N(C)C)c1CNCC1CCS(=O)(=O)C1. The van der Waals surface area contributed by atoms with E-state index in [4.69, 9.17) is 0 Å². The van der Waals surface area contributed by atoms with Crippen molar-refractivity contribution in [1.29, 1.82) is 0 Å². The first-order chi connectivity index (χ1) is 10.7. The molecule has 1 unspecified atom stereocenters. The molecule has 7 heteroatoms.